The maximum Gasteiger partial charge on any atom is 0.252 e. The molecule has 1 saturated heterocycles. The molecule has 1 aromatic carbocycles. The van der Waals surface area contributed by atoms with Gasteiger partial charge in [0.05, 0.1) is 10.1 Å². The number of nitrogens with one attached hydrogen (secondary N) is 2. The summed E-state index contributed by atoms with van der Waals surface area (Å²) in [7, 11) is -3.34. The van der Waals surface area contributed by atoms with Gasteiger partial charge in [-0.1, -0.05) is 13.3 Å². The fourth-order valence-electron chi connectivity index (χ4n) is 5.08. The minimum Gasteiger partial charge on any atom is -0.324 e. The van der Waals surface area contributed by atoms with Crippen LogP contribution in [-0.2, 0) is 9.84 Å². The van der Waals surface area contributed by atoms with E-state index in [0.29, 0.717) is 40.9 Å². The van der Waals surface area contributed by atoms with Crippen molar-refractivity contribution in [2.24, 2.45) is 5.92 Å². The zero-order valence-corrected chi connectivity index (χ0v) is 19.5. The Morgan fingerprint density at radius 1 is 1.03 bits per heavy atom. The summed E-state index contributed by atoms with van der Waals surface area (Å²) in [4.78, 5) is 22.1. The van der Waals surface area contributed by atoms with E-state index in [0.717, 1.165) is 37.7 Å². The molecule has 2 N–H and O–H groups in total. The maximum absolute atomic E-state index is 12.9. The van der Waals surface area contributed by atoms with E-state index in [1.54, 1.807) is 42.6 Å². The molecule has 0 radical (unpaired) electrons. The second-order valence-corrected chi connectivity index (χ2v) is 11.4. The number of sulfone groups is 1. The van der Waals surface area contributed by atoms with Crippen molar-refractivity contribution in [3.63, 3.8) is 0 Å². The van der Waals surface area contributed by atoms with Crippen LogP contribution in [0.5, 0.6) is 0 Å². The first-order valence-electron chi connectivity index (χ1n) is 11.6. The highest BCUT2D eigenvalue weighted by Gasteiger charge is 2.29. The van der Waals surface area contributed by atoms with E-state index in [2.05, 4.69) is 27.5 Å². The quantitative estimate of drug-likeness (QED) is 0.592. The molecule has 1 saturated carbocycles. The first-order valence-corrected chi connectivity index (χ1v) is 13.2. The Morgan fingerprint density at radius 3 is 2.48 bits per heavy atom. The predicted octanol–water partition coefficient (Wildman–Crippen LogP) is 3.42. The highest BCUT2D eigenvalue weighted by atomic mass is 32.2. The summed E-state index contributed by atoms with van der Waals surface area (Å²) in [5, 5.41) is 6.85. The van der Waals surface area contributed by atoms with Crippen molar-refractivity contribution < 1.29 is 8.42 Å². The van der Waals surface area contributed by atoms with Crippen LogP contribution in [0.2, 0.25) is 0 Å². The van der Waals surface area contributed by atoms with E-state index in [1.807, 2.05) is 4.57 Å². The molecule has 5 rings (SSSR count). The van der Waals surface area contributed by atoms with Gasteiger partial charge in [-0.15, -0.1) is 0 Å². The Hall–Kier alpha value is -2.78. The minimum atomic E-state index is -3.34. The van der Waals surface area contributed by atoms with Crippen molar-refractivity contribution >= 4 is 32.5 Å². The van der Waals surface area contributed by atoms with Gasteiger partial charge in [0.15, 0.2) is 9.84 Å². The molecule has 3 heterocycles. The van der Waals surface area contributed by atoms with Crippen molar-refractivity contribution in [3.8, 4) is 0 Å². The number of pyridine rings is 1. The zero-order valence-electron chi connectivity index (χ0n) is 18.7. The molecular weight excluding hydrogens is 438 g/mol. The molecule has 9 heteroatoms. The van der Waals surface area contributed by atoms with Crippen LogP contribution in [0.4, 0.5) is 11.6 Å². The third kappa shape index (κ3) is 4.27. The second-order valence-electron chi connectivity index (χ2n) is 9.13. The second kappa shape index (κ2) is 8.87. The van der Waals surface area contributed by atoms with Gasteiger partial charge in [0.1, 0.15) is 5.65 Å². The topological polar surface area (TPSA) is 106 Å². The summed E-state index contributed by atoms with van der Waals surface area (Å²) in [6.45, 7) is 3.64. The highest BCUT2D eigenvalue weighted by molar-refractivity contribution is 7.92. The number of fused-ring (bicyclic) bond motifs is 1. The molecule has 0 amide bonds. The van der Waals surface area contributed by atoms with Crippen LogP contribution in [0, 0.1) is 5.92 Å². The summed E-state index contributed by atoms with van der Waals surface area (Å²) < 4.78 is 27.7. The maximum atomic E-state index is 12.9. The molecule has 0 spiro atoms. The van der Waals surface area contributed by atoms with E-state index in [1.165, 1.54) is 0 Å². The number of hydrogen-bond acceptors (Lipinski definition) is 7. The lowest BCUT2D eigenvalue weighted by molar-refractivity contribution is 0.407. The van der Waals surface area contributed by atoms with Gasteiger partial charge in [0.25, 0.3) is 5.56 Å². The van der Waals surface area contributed by atoms with Gasteiger partial charge < -0.3 is 10.6 Å². The SMILES string of the molecule is C[C@H]1CCC[C@H]1n1c(=O)ccc2cnc(Nc3ccc(S(=O)(=O)C4CCNCC4)cc3)nc21. The molecule has 2 aromatic heterocycles. The fraction of sp³-hybridized carbons (Fsp3) is 0.458. The van der Waals surface area contributed by atoms with Gasteiger partial charge >= 0.3 is 0 Å². The monoisotopic (exact) mass is 467 g/mol. The van der Waals surface area contributed by atoms with Crippen LogP contribution in [0.15, 0.2) is 52.3 Å². The third-order valence-corrected chi connectivity index (χ3v) is 9.26. The van der Waals surface area contributed by atoms with Crippen molar-refractivity contribution in [1.82, 2.24) is 19.9 Å². The zero-order chi connectivity index (χ0) is 23.0. The van der Waals surface area contributed by atoms with Gasteiger partial charge in [0.2, 0.25) is 5.95 Å². The molecule has 33 heavy (non-hydrogen) atoms. The standard InChI is InChI=1S/C24H29N5O3S/c1-16-3-2-4-21(16)29-22(30)10-5-17-15-26-24(28-23(17)29)27-18-6-8-19(9-7-18)33(31,32)20-11-13-25-14-12-20/h5-10,15-16,20-21,25H,2-4,11-14H2,1H3,(H,26,27,28)/t16-,21+/m0/s1. The van der Waals surface area contributed by atoms with Crippen molar-refractivity contribution in [2.75, 3.05) is 18.4 Å². The lowest BCUT2D eigenvalue weighted by Gasteiger charge is -2.22. The molecule has 174 valence electrons. The van der Waals surface area contributed by atoms with Crippen LogP contribution in [0.3, 0.4) is 0 Å². The first kappa shape index (κ1) is 22.0. The van der Waals surface area contributed by atoms with Crippen LogP contribution >= 0.6 is 0 Å². The van der Waals surface area contributed by atoms with Gasteiger partial charge in [-0.3, -0.25) is 9.36 Å². The fourth-order valence-corrected chi connectivity index (χ4v) is 6.84. The Morgan fingerprint density at radius 2 is 1.79 bits per heavy atom. The molecule has 2 atom stereocenters. The molecule has 1 aliphatic carbocycles. The van der Waals surface area contributed by atoms with Crippen molar-refractivity contribution in [2.45, 2.75) is 55.2 Å². The van der Waals surface area contributed by atoms with E-state index in [4.69, 9.17) is 0 Å². The lowest BCUT2D eigenvalue weighted by Crippen LogP contribution is -2.35. The average Bonchev–Trinajstić information content (AvgIpc) is 3.25. The van der Waals surface area contributed by atoms with Gasteiger partial charge in [-0.05, 0) is 75.0 Å². The van der Waals surface area contributed by atoms with Crippen molar-refractivity contribution in [1.29, 1.82) is 0 Å². The van der Waals surface area contributed by atoms with Crippen LogP contribution in [0.25, 0.3) is 11.0 Å². The summed E-state index contributed by atoms with van der Waals surface area (Å²) in [5.41, 5.74) is 1.28. The summed E-state index contributed by atoms with van der Waals surface area (Å²) in [6, 6.07) is 10.2. The Bertz CT molecular complexity index is 1310. The smallest absolute Gasteiger partial charge is 0.252 e. The number of piperidine rings is 1. The van der Waals surface area contributed by atoms with Gasteiger partial charge in [-0.25, -0.2) is 13.4 Å². The molecule has 2 fully saturated rings. The summed E-state index contributed by atoms with van der Waals surface area (Å²) >= 11 is 0. The number of nitrogens with zero attached hydrogens (tertiary/aromatic N) is 3. The van der Waals surface area contributed by atoms with Crippen LogP contribution in [0.1, 0.15) is 45.1 Å². The summed E-state index contributed by atoms with van der Waals surface area (Å²) in [6.07, 6.45) is 6.17. The molecular formula is C24H29N5O3S. The predicted molar refractivity (Wildman–Crippen MR) is 129 cm³/mol. The molecule has 3 aromatic rings. The number of hydrogen-bond donors (Lipinski definition) is 2. The van der Waals surface area contributed by atoms with Crippen LogP contribution < -0.4 is 16.2 Å². The molecule has 1 aliphatic heterocycles. The average molecular weight is 468 g/mol. The molecule has 0 bridgehead atoms. The lowest BCUT2D eigenvalue weighted by atomic mass is 10.1. The molecule has 8 nitrogen and oxygen atoms in total. The Balaban J connectivity index is 1.42. The van der Waals surface area contributed by atoms with Gasteiger partial charge in [-0.2, -0.15) is 4.98 Å². The number of aromatic nitrogens is 3. The van der Waals surface area contributed by atoms with Crippen LogP contribution in [-0.4, -0.2) is 41.3 Å². The van der Waals surface area contributed by atoms with E-state index in [-0.39, 0.29) is 16.9 Å². The normalized spacial score (nSPS) is 22.0. The van der Waals surface area contributed by atoms with E-state index < -0.39 is 9.84 Å². The largest absolute Gasteiger partial charge is 0.324 e. The Kier molecular flexibility index (Phi) is 5.92. The summed E-state index contributed by atoms with van der Waals surface area (Å²) in [5.74, 6) is 0.801. The number of anilines is 2. The highest BCUT2D eigenvalue weighted by Crippen LogP contribution is 2.35. The number of rotatable bonds is 5. The third-order valence-electron chi connectivity index (χ3n) is 6.98. The molecule has 2 aliphatic rings. The van der Waals surface area contributed by atoms with E-state index in [9.17, 15) is 13.2 Å². The molecule has 0 unspecified atom stereocenters. The van der Waals surface area contributed by atoms with Crippen molar-refractivity contribution in [3.05, 3.63) is 52.9 Å². The Labute approximate surface area is 193 Å². The van der Waals surface area contributed by atoms with Gasteiger partial charge in [0, 0.05) is 29.4 Å². The van der Waals surface area contributed by atoms with E-state index >= 15 is 0 Å². The first-order chi connectivity index (χ1) is 15.9. The number of benzene rings is 1. The minimum absolute atomic E-state index is 0.0432.